The maximum absolute atomic E-state index is 12.8. The first-order valence-electron chi connectivity index (χ1n) is 9.26. The Morgan fingerprint density at radius 2 is 2.15 bits per heavy atom. The van der Waals surface area contributed by atoms with E-state index in [1.807, 2.05) is 28.8 Å². The Hall–Kier alpha value is -1.37. The number of thiophene rings is 1. The van der Waals surface area contributed by atoms with Gasteiger partial charge >= 0.3 is 0 Å². The van der Waals surface area contributed by atoms with Crippen LogP contribution in [0.4, 0.5) is 0 Å². The first-order chi connectivity index (χ1) is 12.7. The van der Waals surface area contributed by atoms with Crippen LogP contribution in [-0.2, 0) is 24.2 Å². The lowest BCUT2D eigenvalue weighted by molar-refractivity contribution is 0.0257. The average molecular weight is 387 g/mol. The molecule has 2 aliphatic heterocycles. The lowest BCUT2D eigenvalue weighted by Gasteiger charge is -2.47. The molecule has 2 fully saturated rings. The SMILES string of the molecule is O=C(c1cc2c(s1)CCC2)N1CC2(CC(OCc3ccncc3)CS2)C1. The van der Waals surface area contributed by atoms with Crippen molar-refractivity contribution in [2.45, 2.75) is 43.1 Å². The van der Waals surface area contributed by atoms with Crippen LogP contribution < -0.4 is 0 Å². The summed E-state index contributed by atoms with van der Waals surface area (Å²) in [6.45, 7) is 2.38. The zero-order valence-corrected chi connectivity index (χ0v) is 16.3. The number of carbonyl (C=O) groups excluding carboxylic acids is 1. The van der Waals surface area contributed by atoms with Crippen LogP contribution in [-0.4, -0.2) is 45.5 Å². The fourth-order valence-electron chi connectivity index (χ4n) is 4.21. The van der Waals surface area contributed by atoms with Gasteiger partial charge in [-0.05, 0) is 55.0 Å². The van der Waals surface area contributed by atoms with E-state index in [0.29, 0.717) is 6.61 Å². The number of ether oxygens (including phenoxy) is 1. The Morgan fingerprint density at radius 3 is 2.96 bits per heavy atom. The van der Waals surface area contributed by atoms with E-state index < -0.39 is 0 Å². The van der Waals surface area contributed by atoms with Crippen molar-refractivity contribution >= 4 is 29.0 Å². The molecule has 0 radical (unpaired) electrons. The van der Waals surface area contributed by atoms with Crippen molar-refractivity contribution in [3.05, 3.63) is 51.5 Å². The summed E-state index contributed by atoms with van der Waals surface area (Å²) >= 11 is 3.70. The Bertz CT molecular complexity index is 793. The summed E-state index contributed by atoms with van der Waals surface area (Å²) in [7, 11) is 0. The third-order valence-electron chi connectivity index (χ3n) is 5.61. The van der Waals surface area contributed by atoms with E-state index >= 15 is 0 Å². The summed E-state index contributed by atoms with van der Waals surface area (Å²) in [5, 5.41) is 0. The zero-order chi connectivity index (χ0) is 17.6. The number of nitrogens with zero attached hydrogens (tertiary/aromatic N) is 2. The third kappa shape index (κ3) is 3.08. The molecule has 2 aromatic rings. The van der Waals surface area contributed by atoms with Crippen LogP contribution in [0.3, 0.4) is 0 Å². The lowest BCUT2D eigenvalue weighted by atomic mass is 9.92. The maximum atomic E-state index is 12.8. The van der Waals surface area contributed by atoms with E-state index in [0.717, 1.165) is 43.0 Å². The normalized spacial score (nSPS) is 23.2. The van der Waals surface area contributed by atoms with Gasteiger partial charge in [0.1, 0.15) is 0 Å². The molecule has 0 N–H and O–H groups in total. The molecule has 4 heterocycles. The Balaban J connectivity index is 1.14. The lowest BCUT2D eigenvalue weighted by Crippen LogP contribution is -2.60. The molecule has 4 nitrogen and oxygen atoms in total. The number of hydrogen-bond acceptors (Lipinski definition) is 5. The second-order valence-electron chi connectivity index (χ2n) is 7.56. The van der Waals surface area contributed by atoms with Crippen LogP contribution in [0.1, 0.15) is 38.5 Å². The van der Waals surface area contributed by atoms with Crippen molar-refractivity contribution in [2.75, 3.05) is 18.8 Å². The second kappa shape index (κ2) is 6.66. The predicted octanol–water partition coefficient (Wildman–Crippen LogP) is 3.55. The highest BCUT2D eigenvalue weighted by molar-refractivity contribution is 8.01. The number of aryl methyl sites for hydroxylation is 2. The fraction of sp³-hybridized carbons (Fsp3) is 0.500. The van der Waals surface area contributed by atoms with Gasteiger partial charge in [0.15, 0.2) is 0 Å². The van der Waals surface area contributed by atoms with Crippen LogP contribution in [0.25, 0.3) is 0 Å². The molecular weight excluding hydrogens is 364 g/mol. The number of thioether (sulfide) groups is 1. The molecule has 1 amide bonds. The highest BCUT2D eigenvalue weighted by Gasteiger charge is 2.51. The van der Waals surface area contributed by atoms with Crippen molar-refractivity contribution in [3.8, 4) is 0 Å². The Morgan fingerprint density at radius 1 is 1.31 bits per heavy atom. The van der Waals surface area contributed by atoms with Crippen molar-refractivity contribution < 1.29 is 9.53 Å². The van der Waals surface area contributed by atoms with Gasteiger partial charge in [0.2, 0.25) is 0 Å². The van der Waals surface area contributed by atoms with Gasteiger partial charge in [-0.25, -0.2) is 0 Å². The summed E-state index contributed by atoms with van der Waals surface area (Å²) in [5.74, 6) is 1.26. The predicted molar refractivity (Wildman–Crippen MR) is 105 cm³/mol. The number of aromatic nitrogens is 1. The second-order valence-corrected chi connectivity index (χ2v) is 10.2. The summed E-state index contributed by atoms with van der Waals surface area (Å²) in [6, 6.07) is 6.14. The highest BCUT2D eigenvalue weighted by atomic mass is 32.2. The first-order valence-corrected chi connectivity index (χ1v) is 11.1. The Kier molecular flexibility index (Phi) is 4.30. The molecule has 1 unspecified atom stereocenters. The third-order valence-corrected chi connectivity index (χ3v) is 8.41. The molecule has 2 saturated heterocycles. The van der Waals surface area contributed by atoms with Crippen molar-refractivity contribution in [1.29, 1.82) is 0 Å². The van der Waals surface area contributed by atoms with Gasteiger partial charge in [0, 0.05) is 36.1 Å². The van der Waals surface area contributed by atoms with E-state index in [2.05, 4.69) is 11.1 Å². The minimum atomic E-state index is 0.221. The van der Waals surface area contributed by atoms with Crippen LogP contribution in [0.2, 0.25) is 0 Å². The number of hydrogen-bond donors (Lipinski definition) is 0. The maximum Gasteiger partial charge on any atom is 0.264 e. The topological polar surface area (TPSA) is 42.4 Å². The smallest absolute Gasteiger partial charge is 0.264 e. The van der Waals surface area contributed by atoms with Crippen LogP contribution in [0, 0.1) is 0 Å². The molecule has 0 aromatic carbocycles. The number of amides is 1. The summed E-state index contributed by atoms with van der Waals surface area (Å²) < 4.78 is 6.31. The number of pyridine rings is 1. The van der Waals surface area contributed by atoms with Crippen molar-refractivity contribution in [2.24, 2.45) is 0 Å². The van der Waals surface area contributed by atoms with Gasteiger partial charge < -0.3 is 9.64 Å². The molecule has 136 valence electrons. The molecule has 0 bridgehead atoms. The van der Waals surface area contributed by atoms with Gasteiger partial charge in [-0.3, -0.25) is 9.78 Å². The minimum Gasteiger partial charge on any atom is -0.373 e. The molecule has 2 aromatic heterocycles. The Labute approximate surface area is 162 Å². The molecule has 1 aliphatic carbocycles. The summed E-state index contributed by atoms with van der Waals surface area (Å²) in [6.07, 6.45) is 8.50. The number of rotatable bonds is 4. The van der Waals surface area contributed by atoms with E-state index in [-0.39, 0.29) is 16.8 Å². The molecule has 1 spiro atoms. The van der Waals surface area contributed by atoms with Gasteiger partial charge in [-0.1, -0.05) is 0 Å². The average Bonchev–Trinajstić information content (AvgIpc) is 3.33. The van der Waals surface area contributed by atoms with Crippen molar-refractivity contribution in [1.82, 2.24) is 9.88 Å². The quantitative estimate of drug-likeness (QED) is 0.806. The van der Waals surface area contributed by atoms with Gasteiger partial charge in [0.25, 0.3) is 5.91 Å². The number of carbonyl (C=O) groups is 1. The van der Waals surface area contributed by atoms with Crippen LogP contribution >= 0.6 is 23.1 Å². The molecule has 0 saturated carbocycles. The molecule has 5 rings (SSSR count). The largest absolute Gasteiger partial charge is 0.373 e. The zero-order valence-electron chi connectivity index (χ0n) is 14.6. The molecule has 26 heavy (non-hydrogen) atoms. The number of fused-ring (bicyclic) bond motifs is 1. The minimum absolute atomic E-state index is 0.221. The fourth-order valence-corrected chi connectivity index (χ4v) is 6.98. The first kappa shape index (κ1) is 16.8. The van der Waals surface area contributed by atoms with Crippen molar-refractivity contribution in [3.63, 3.8) is 0 Å². The van der Waals surface area contributed by atoms with Gasteiger partial charge in [0.05, 0.1) is 22.3 Å². The summed E-state index contributed by atoms with van der Waals surface area (Å²) in [5.41, 5.74) is 2.58. The molecule has 1 atom stereocenters. The monoisotopic (exact) mass is 386 g/mol. The van der Waals surface area contributed by atoms with E-state index in [1.54, 1.807) is 23.7 Å². The summed E-state index contributed by atoms with van der Waals surface area (Å²) in [4.78, 5) is 21.2. The van der Waals surface area contributed by atoms with E-state index in [9.17, 15) is 4.79 Å². The molecular formula is C20H22N2O2S2. The van der Waals surface area contributed by atoms with E-state index in [1.165, 1.54) is 22.4 Å². The van der Waals surface area contributed by atoms with Gasteiger partial charge in [-0.2, -0.15) is 0 Å². The molecule has 3 aliphatic rings. The highest BCUT2D eigenvalue weighted by Crippen LogP contribution is 2.47. The van der Waals surface area contributed by atoms with Crippen LogP contribution in [0.15, 0.2) is 30.6 Å². The van der Waals surface area contributed by atoms with Crippen LogP contribution in [0.5, 0.6) is 0 Å². The van der Waals surface area contributed by atoms with Gasteiger partial charge in [-0.15, -0.1) is 23.1 Å². The number of likely N-dealkylation sites (tertiary alicyclic amines) is 1. The van der Waals surface area contributed by atoms with E-state index in [4.69, 9.17) is 4.74 Å². The molecule has 6 heteroatoms. The standard InChI is InChI=1S/C20H22N2O2S2/c23-19(18-8-15-2-1-3-17(15)26-18)22-12-20(13-22)9-16(11-25-20)24-10-14-4-6-21-7-5-14/h4-8,16H,1-3,9-13H2.